The van der Waals surface area contributed by atoms with Crippen LogP contribution in [-0.2, 0) is 4.79 Å². The molecule has 0 aliphatic heterocycles. The highest BCUT2D eigenvalue weighted by Gasteiger charge is 2.35. The molecule has 0 saturated heterocycles. The van der Waals surface area contributed by atoms with Crippen LogP contribution in [0.5, 0.6) is 0 Å². The van der Waals surface area contributed by atoms with E-state index in [-0.39, 0.29) is 17.4 Å². The Kier molecular flexibility index (Phi) is 8.47. The Morgan fingerprint density at radius 1 is 1.11 bits per heavy atom. The van der Waals surface area contributed by atoms with Crippen LogP contribution in [0.4, 0.5) is 0 Å². The van der Waals surface area contributed by atoms with E-state index < -0.39 is 17.4 Å². The molecule has 0 heterocycles. The van der Waals surface area contributed by atoms with Gasteiger partial charge < -0.3 is 15.3 Å². The van der Waals surface area contributed by atoms with Crippen molar-refractivity contribution in [3.05, 3.63) is 35.4 Å². The lowest BCUT2D eigenvalue weighted by molar-refractivity contribution is -0.144. The normalized spacial score (nSPS) is 13.1. The summed E-state index contributed by atoms with van der Waals surface area (Å²) in [5.41, 5.74) is -0.641. The maximum Gasteiger partial charge on any atom is 0.329 e. The highest BCUT2D eigenvalue weighted by molar-refractivity contribution is 6.01. The Hall–Kier alpha value is -2.37. The third-order valence-electron chi connectivity index (χ3n) is 4.32. The van der Waals surface area contributed by atoms with Crippen LogP contribution in [0.1, 0.15) is 74.6 Å². The first kappa shape index (κ1) is 22.7. The van der Waals surface area contributed by atoms with Crippen molar-refractivity contribution in [3.8, 4) is 0 Å². The fourth-order valence-corrected chi connectivity index (χ4v) is 3.16. The largest absolute Gasteiger partial charge is 0.480 e. The molecule has 2 amide bonds. The fourth-order valence-electron chi connectivity index (χ4n) is 3.16. The van der Waals surface area contributed by atoms with Crippen LogP contribution in [0.15, 0.2) is 24.3 Å². The van der Waals surface area contributed by atoms with E-state index in [9.17, 15) is 19.5 Å². The number of nitrogens with one attached hydrogen (secondary N) is 1. The molecule has 1 aromatic rings. The van der Waals surface area contributed by atoms with E-state index in [4.69, 9.17) is 0 Å². The highest BCUT2D eigenvalue weighted by atomic mass is 16.4. The third kappa shape index (κ3) is 6.38. The number of rotatable bonds is 10. The van der Waals surface area contributed by atoms with Crippen molar-refractivity contribution in [2.75, 3.05) is 13.1 Å². The van der Waals surface area contributed by atoms with Crippen LogP contribution in [0.25, 0.3) is 0 Å². The zero-order valence-corrected chi connectivity index (χ0v) is 17.0. The standard InChI is InChI=1S/C21H32N2O4/c1-6-11-23(12-7-2)19(25)17-10-8-9-16(13-17)18(24)22-21(5,20(26)27)14-15(3)4/h8-10,13,15H,6-7,11-12,14H2,1-5H3,(H,22,24)(H,26,27)/t21-/m0/s1. The number of amides is 2. The summed E-state index contributed by atoms with van der Waals surface area (Å²) in [7, 11) is 0. The smallest absolute Gasteiger partial charge is 0.329 e. The summed E-state index contributed by atoms with van der Waals surface area (Å²) in [5.74, 6) is -1.57. The summed E-state index contributed by atoms with van der Waals surface area (Å²) in [4.78, 5) is 38.8. The van der Waals surface area contributed by atoms with Gasteiger partial charge in [-0.15, -0.1) is 0 Å². The van der Waals surface area contributed by atoms with Gasteiger partial charge in [-0.05, 0) is 50.3 Å². The van der Waals surface area contributed by atoms with Crippen molar-refractivity contribution < 1.29 is 19.5 Å². The third-order valence-corrected chi connectivity index (χ3v) is 4.32. The van der Waals surface area contributed by atoms with Crippen molar-refractivity contribution in [2.45, 2.75) is 59.4 Å². The lowest BCUT2D eigenvalue weighted by atomic mass is 9.90. The maximum atomic E-state index is 12.7. The molecule has 0 aliphatic rings. The van der Waals surface area contributed by atoms with E-state index in [2.05, 4.69) is 5.32 Å². The number of carboxylic acid groups (broad SMARTS) is 1. The number of carboxylic acids is 1. The van der Waals surface area contributed by atoms with Gasteiger partial charge in [0.2, 0.25) is 0 Å². The van der Waals surface area contributed by atoms with Crippen molar-refractivity contribution in [3.63, 3.8) is 0 Å². The van der Waals surface area contributed by atoms with Gasteiger partial charge in [0.25, 0.3) is 11.8 Å². The monoisotopic (exact) mass is 376 g/mol. The lowest BCUT2D eigenvalue weighted by Crippen LogP contribution is -2.53. The lowest BCUT2D eigenvalue weighted by Gasteiger charge is -2.28. The first-order valence-electron chi connectivity index (χ1n) is 9.59. The fraction of sp³-hybridized carbons (Fsp3) is 0.571. The molecule has 0 radical (unpaired) electrons. The van der Waals surface area contributed by atoms with Gasteiger partial charge in [-0.2, -0.15) is 0 Å². The van der Waals surface area contributed by atoms with E-state index in [1.54, 1.807) is 23.1 Å². The summed E-state index contributed by atoms with van der Waals surface area (Å²) in [6.45, 7) is 10.7. The van der Waals surface area contributed by atoms with Crippen molar-refractivity contribution in [2.24, 2.45) is 5.92 Å². The van der Waals surface area contributed by atoms with Gasteiger partial charge in [0.05, 0.1) is 0 Å². The van der Waals surface area contributed by atoms with Crippen LogP contribution in [0, 0.1) is 5.92 Å². The van der Waals surface area contributed by atoms with Gasteiger partial charge in [0.15, 0.2) is 0 Å². The average molecular weight is 376 g/mol. The second kappa shape index (κ2) is 10.1. The Morgan fingerprint density at radius 3 is 2.15 bits per heavy atom. The van der Waals surface area contributed by atoms with Gasteiger partial charge in [0, 0.05) is 24.2 Å². The first-order chi connectivity index (χ1) is 12.6. The molecule has 27 heavy (non-hydrogen) atoms. The molecule has 0 spiro atoms. The van der Waals surface area contributed by atoms with Crippen molar-refractivity contribution in [1.29, 1.82) is 0 Å². The van der Waals surface area contributed by atoms with Crippen molar-refractivity contribution in [1.82, 2.24) is 10.2 Å². The van der Waals surface area contributed by atoms with E-state index in [1.165, 1.54) is 13.0 Å². The Morgan fingerprint density at radius 2 is 1.67 bits per heavy atom. The Bertz CT molecular complexity index is 666. The molecule has 0 aromatic heterocycles. The SMILES string of the molecule is CCCN(CCC)C(=O)c1cccc(C(=O)N[C@@](C)(CC(C)C)C(=O)O)c1. The molecule has 1 atom stereocenters. The number of carbonyl (C=O) groups is 3. The Labute approximate surface area is 161 Å². The maximum absolute atomic E-state index is 12.7. The summed E-state index contributed by atoms with van der Waals surface area (Å²) in [6.07, 6.45) is 2.03. The molecule has 0 fully saturated rings. The molecular formula is C21H32N2O4. The highest BCUT2D eigenvalue weighted by Crippen LogP contribution is 2.18. The second-order valence-electron chi connectivity index (χ2n) is 7.56. The molecule has 2 N–H and O–H groups in total. The van der Waals surface area contributed by atoms with E-state index in [0.29, 0.717) is 25.1 Å². The first-order valence-corrected chi connectivity index (χ1v) is 9.59. The number of aliphatic carboxylic acids is 1. The zero-order valence-electron chi connectivity index (χ0n) is 17.0. The van der Waals surface area contributed by atoms with Gasteiger partial charge in [-0.1, -0.05) is 33.8 Å². The molecule has 1 rings (SSSR count). The molecule has 0 unspecified atom stereocenters. The minimum atomic E-state index is -1.36. The summed E-state index contributed by atoms with van der Waals surface area (Å²) in [5, 5.41) is 12.2. The van der Waals surface area contributed by atoms with E-state index in [1.807, 2.05) is 27.7 Å². The number of hydrogen-bond donors (Lipinski definition) is 2. The second-order valence-corrected chi connectivity index (χ2v) is 7.56. The molecule has 1 aromatic carbocycles. The molecule has 6 heteroatoms. The number of benzene rings is 1. The van der Waals surface area contributed by atoms with E-state index >= 15 is 0 Å². The summed E-state index contributed by atoms with van der Waals surface area (Å²) < 4.78 is 0. The minimum Gasteiger partial charge on any atom is -0.480 e. The van der Waals surface area contributed by atoms with Gasteiger partial charge in [-0.25, -0.2) is 4.79 Å². The van der Waals surface area contributed by atoms with Crippen LogP contribution >= 0.6 is 0 Å². The molecule has 150 valence electrons. The van der Waals surface area contributed by atoms with E-state index in [0.717, 1.165) is 12.8 Å². The van der Waals surface area contributed by atoms with Crippen LogP contribution < -0.4 is 5.32 Å². The topological polar surface area (TPSA) is 86.7 Å². The molecule has 0 saturated carbocycles. The summed E-state index contributed by atoms with van der Waals surface area (Å²) in [6, 6.07) is 6.46. The van der Waals surface area contributed by atoms with Crippen LogP contribution in [-0.4, -0.2) is 46.4 Å². The Balaban J connectivity index is 3.04. The number of carbonyl (C=O) groups excluding carboxylic acids is 2. The molecule has 6 nitrogen and oxygen atoms in total. The zero-order chi connectivity index (χ0) is 20.6. The molecule has 0 aliphatic carbocycles. The quantitative estimate of drug-likeness (QED) is 0.653. The predicted molar refractivity (Wildman–Crippen MR) is 106 cm³/mol. The average Bonchev–Trinajstić information content (AvgIpc) is 2.60. The van der Waals surface area contributed by atoms with Crippen LogP contribution in [0.3, 0.4) is 0 Å². The van der Waals surface area contributed by atoms with Gasteiger partial charge in [0.1, 0.15) is 5.54 Å². The number of nitrogens with zero attached hydrogens (tertiary/aromatic N) is 1. The van der Waals surface area contributed by atoms with Crippen LogP contribution in [0.2, 0.25) is 0 Å². The summed E-state index contributed by atoms with van der Waals surface area (Å²) >= 11 is 0. The molecule has 0 bridgehead atoms. The minimum absolute atomic E-state index is 0.107. The predicted octanol–water partition coefficient (Wildman–Crippen LogP) is 3.57. The van der Waals surface area contributed by atoms with Crippen molar-refractivity contribution >= 4 is 17.8 Å². The number of hydrogen-bond acceptors (Lipinski definition) is 3. The van der Waals surface area contributed by atoms with Gasteiger partial charge in [-0.3, -0.25) is 9.59 Å². The van der Waals surface area contributed by atoms with Gasteiger partial charge >= 0.3 is 5.97 Å². The molecular weight excluding hydrogens is 344 g/mol.